The van der Waals surface area contributed by atoms with Crippen LogP contribution >= 0.6 is 0 Å². The van der Waals surface area contributed by atoms with Crippen LogP contribution in [0, 0.1) is 6.92 Å². The van der Waals surface area contributed by atoms with Gasteiger partial charge in [0.1, 0.15) is 17.6 Å². The molecule has 1 saturated heterocycles. The van der Waals surface area contributed by atoms with Gasteiger partial charge in [-0.15, -0.1) is 0 Å². The van der Waals surface area contributed by atoms with Crippen LogP contribution < -0.4 is 19.7 Å². The highest BCUT2D eigenvalue weighted by Crippen LogP contribution is 2.26. The average Bonchev–Trinajstić information content (AvgIpc) is 3.47. The van der Waals surface area contributed by atoms with Crippen LogP contribution in [0.4, 0.5) is 14.5 Å². The Morgan fingerprint density at radius 1 is 1.26 bits per heavy atom. The van der Waals surface area contributed by atoms with Crippen molar-refractivity contribution in [3.05, 3.63) is 65.7 Å². The van der Waals surface area contributed by atoms with E-state index in [0.717, 1.165) is 35.7 Å². The molecule has 1 N–H and O–H groups in total. The van der Waals surface area contributed by atoms with Crippen LogP contribution in [0.25, 0.3) is 0 Å². The van der Waals surface area contributed by atoms with Gasteiger partial charge in [0.2, 0.25) is 11.8 Å². The number of amides is 1. The molecule has 1 amide bonds. The van der Waals surface area contributed by atoms with Gasteiger partial charge in [-0.25, -0.2) is 13.8 Å². The third kappa shape index (κ3) is 6.91. The maximum Gasteiger partial charge on any atom is 0.272 e. The zero-order valence-electron chi connectivity index (χ0n) is 19.6. The number of benzene rings is 1. The Labute approximate surface area is 202 Å². The molecule has 4 rings (SSSR count). The van der Waals surface area contributed by atoms with Crippen LogP contribution in [0.3, 0.4) is 0 Å². The lowest BCUT2D eigenvalue weighted by Crippen LogP contribution is -2.28. The number of nitrogens with zero attached hydrogens (tertiary/aromatic N) is 3. The van der Waals surface area contributed by atoms with Gasteiger partial charge in [-0.2, -0.15) is 0 Å². The Hall–Kier alpha value is -3.69. The van der Waals surface area contributed by atoms with Crippen molar-refractivity contribution in [1.82, 2.24) is 15.5 Å². The minimum absolute atomic E-state index is 0.0121. The van der Waals surface area contributed by atoms with Crippen molar-refractivity contribution in [3.8, 4) is 11.6 Å². The van der Waals surface area contributed by atoms with Crippen LogP contribution in [0.2, 0.25) is 0 Å². The first kappa shape index (κ1) is 24.4. The number of rotatable bonds is 10. The molecule has 3 heterocycles. The number of alkyl halides is 2. The fraction of sp³-hybridized carbons (Fsp3) is 0.400. The maximum absolute atomic E-state index is 12.4. The summed E-state index contributed by atoms with van der Waals surface area (Å²) in [6.45, 7) is 4.48. The number of halogens is 2. The predicted octanol–water partition coefficient (Wildman–Crippen LogP) is 4.10. The number of carbonyl (C=O) groups excluding carboxylic acids is 1. The zero-order valence-corrected chi connectivity index (χ0v) is 19.6. The van der Waals surface area contributed by atoms with Gasteiger partial charge < -0.3 is 24.2 Å². The normalized spacial score (nSPS) is 16.4. The number of anilines is 1. The summed E-state index contributed by atoms with van der Waals surface area (Å²) in [6.07, 6.45) is -0.0383. The third-order valence-electron chi connectivity index (χ3n) is 5.66. The van der Waals surface area contributed by atoms with Crippen molar-refractivity contribution < 1.29 is 27.6 Å². The SMILES string of the molecule is Cc1cc(CC(=O)N[C@@H](C)c2ccc(OC3CCN(c4ccnc(OCC(F)F)c4)C3)cc2)on1. The number of nitrogens with one attached hydrogen (secondary N) is 1. The number of hydrogen-bond donors (Lipinski definition) is 1. The van der Waals surface area contributed by atoms with Crippen LogP contribution in [0.15, 0.2) is 53.2 Å². The summed E-state index contributed by atoms with van der Waals surface area (Å²) in [5.41, 5.74) is 2.56. The summed E-state index contributed by atoms with van der Waals surface area (Å²) in [5.74, 6) is 1.32. The molecule has 10 heteroatoms. The van der Waals surface area contributed by atoms with E-state index in [1.54, 1.807) is 18.3 Å². The van der Waals surface area contributed by atoms with Gasteiger partial charge in [0, 0.05) is 37.0 Å². The number of carbonyl (C=O) groups is 1. The second-order valence-electron chi connectivity index (χ2n) is 8.50. The first-order chi connectivity index (χ1) is 16.9. The predicted molar refractivity (Wildman–Crippen MR) is 125 cm³/mol. The van der Waals surface area contributed by atoms with E-state index >= 15 is 0 Å². The molecule has 0 bridgehead atoms. The van der Waals surface area contributed by atoms with Crippen molar-refractivity contribution >= 4 is 11.6 Å². The van der Waals surface area contributed by atoms with Gasteiger partial charge in [-0.05, 0) is 37.6 Å². The van der Waals surface area contributed by atoms with E-state index in [1.807, 2.05) is 44.2 Å². The monoisotopic (exact) mass is 486 g/mol. The highest BCUT2D eigenvalue weighted by atomic mass is 19.3. The number of pyridine rings is 1. The highest BCUT2D eigenvalue weighted by molar-refractivity contribution is 5.78. The average molecular weight is 487 g/mol. The molecule has 1 unspecified atom stereocenters. The second kappa shape index (κ2) is 11.2. The van der Waals surface area contributed by atoms with Gasteiger partial charge in [0.25, 0.3) is 6.43 Å². The lowest BCUT2D eigenvalue weighted by molar-refractivity contribution is -0.121. The quantitative estimate of drug-likeness (QED) is 0.462. The van der Waals surface area contributed by atoms with Gasteiger partial charge in [0.15, 0.2) is 6.61 Å². The van der Waals surface area contributed by atoms with Gasteiger partial charge in [-0.3, -0.25) is 4.79 Å². The fourth-order valence-electron chi connectivity index (χ4n) is 3.94. The van der Waals surface area contributed by atoms with E-state index in [1.165, 1.54) is 0 Å². The zero-order chi connectivity index (χ0) is 24.8. The van der Waals surface area contributed by atoms with Crippen molar-refractivity contribution in [2.24, 2.45) is 0 Å². The van der Waals surface area contributed by atoms with Gasteiger partial charge in [-0.1, -0.05) is 17.3 Å². The molecular weight excluding hydrogens is 458 g/mol. The van der Waals surface area contributed by atoms with E-state index in [9.17, 15) is 13.6 Å². The molecule has 0 radical (unpaired) electrons. The molecule has 1 fully saturated rings. The molecule has 2 atom stereocenters. The number of aryl methyl sites for hydroxylation is 1. The summed E-state index contributed by atoms with van der Waals surface area (Å²) in [6, 6.07) is 12.7. The first-order valence-corrected chi connectivity index (χ1v) is 11.5. The topological polar surface area (TPSA) is 89.7 Å². The first-order valence-electron chi connectivity index (χ1n) is 11.5. The van der Waals surface area contributed by atoms with Crippen molar-refractivity contribution in [1.29, 1.82) is 0 Å². The van der Waals surface area contributed by atoms with Crippen LogP contribution in [0.1, 0.15) is 36.4 Å². The molecule has 0 aliphatic carbocycles. The van der Waals surface area contributed by atoms with Crippen LogP contribution in [-0.4, -0.2) is 48.3 Å². The summed E-state index contributed by atoms with van der Waals surface area (Å²) in [5, 5.41) is 6.75. The summed E-state index contributed by atoms with van der Waals surface area (Å²) in [7, 11) is 0. The molecule has 2 aromatic heterocycles. The summed E-state index contributed by atoms with van der Waals surface area (Å²) < 4.78 is 41.0. The third-order valence-corrected chi connectivity index (χ3v) is 5.66. The van der Waals surface area contributed by atoms with Crippen LogP contribution in [-0.2, 0) is 11.2 Å². The van der Waals surface area contributed by atoms with Crippen molar-refractivity contribution in [2.75, 3.05) is 24.6 Å². The Bertz CT molecular complexity index is 1120. The molecule has 1 aliphatic heterocycles. The lowest BCUT2D eigenvalue weighted by Gasteiger charge is -2.20. The minimum Gasteiger partial charge on any atom is -0.489 e. The molecule has 35 heavy (non-hydrogen) atoms. The van der Waals surface area contributed by atoms with E-state index in [0.29, 0.717) is 12.3 Å². The van der Waals surface area contributed by atoms with E-state index in [-0.39, 0.29) is 30.4 Å². The molecule has 0 spiro atoms. The number of ether oxygens (including phenoxy) is 2. The lowest BCUT2D eigenvalue weighted by atomic mass is 10.1. The van der Waals surface area contributed by atoms with Crippen molar-refractivity contribution in [3.63, 3.8) is 0 Å². The molecule has 8 nitrogen and oxygen atoms in total. The smallest absolute Gasteiger partial charge is 0.272 e. The highest BCUT2D eigenvalue weighted by Gasteiger charge is 2.25. The Kier molecular flexibility index (Phi) is 7.79. The largest absolute Gasteiger partial charge is 0.489 e. The van der Waals surface area contributed by atoms with Crippen LogP contribution in [0.5, 0.6) is 11.6 Å². The Morgan fingerprint density at radius 3 is 2.77 bits per heavy atom. The standard InChI is InChI=1S/C25H28F2N4O4/c1-16-11-22(35-30-16)13-24(32)29-17(2)18-3-5-20(6-4-18)34-21-8-10-31(14-21)19-7-9-28-25(12-19)33-15-23(26)27/h3-7,9,11-12,17,21,23H,8,10,13-15H2,1-2H3,(H,29,32)/t17-,21?/m0/s1. The minimum atomic E-state index is -2.54. The van der Waals surface area contributed by atoms with E-state index in [4.69, 9.17) is 14.0 Å². The summed E-state index contributed by atoms with van der Waals surface area (Å²) in [4.78, 5) is 18.4. The van der Waals surface area contributed by atoms with Gasteiger partial charge in [0.05, 0.1) is 24.7 Å². The van der Waals surface area contributed by atoms with Crippen molar-refractivity contribution in [2.45, 2.75) is 45.3 Å². The molecular formula is C25H28F2N4O4. The van der Waals surface area contributed by atoms with E-state index in [2.05, 4.69) is 20.4 Å². The summed E-state index contributed by atoms with van der Waals surface area (Å²) >= 11 is 0. The Morgan fingerprint density at radius 2 is 2.06 bits per heavy atom. The fourth-order valence-corrected chi connectivity index (χ4v) is 3.94. The Balaban J connectivity index is 1.26. The molecule has 1 aromatic carbocycles. The maximum atomic E-state index is 12.4. The molecule has 186 valence electrons. The number of hydrogen-bond acceptors (Lipinski definition) is 7. The van der Waals surface area contributed by atoms with Gasteiger partial charge >= 0.3 is 0 Å². The number of aromatic nitrogens is 2. The molecule has 0 saturated carbocycles. The molecule has 3 aromatic rings. The second-order valence-corrected chi connectivity index (χ2v) is 8.50. The van der Waals surface area contributed by atoms with E-state index < -0.39 is 13.0 Å². The molecule has 1 aliphatic rings.